The van der Waals surface area contributed by atoms with Crippen molar-refractivity contribution < 1.29 is 9.90 Å². The van der Waals surface area contributed by atoms with E-state index in [0.717, 1.165) is 23.6 Å². The van der Waals surface area contributed by atoms with E-state index in [0.29, 0.717) is 12.1 Å². The molecule has 2 aromatic carbocycles. The summed E-state index contributed by atoms with van der Waals surface area (Å²) in [4.78, 5) is 12.2. The second-order valence-electron chi connectivity index (χ2n) is 8.58. The van der Waals surface area contributed by atoms with Gasteiger partial charge in [0.15, 0.2) is 0 Å². The van der Waals surface area contributed by atoms with E-state index in [4.69, 9.17) is 0 Å². The Hall–Kier alpha value is -2.03. The monoisotopic (exact) mass is 411 g/mol. The molecule has 1 amide bonds. The van der Waals surface area contributed by atoms with E-state index in [1.807, 2.05) is 30.3 Å². The fourth-order valence-corrected chi connectivity index (χ4v) is 4.05. The van der Waals surface area contributed by atoms with Crippen molar-refractivity contribution in [3.05, 3.63) is 36.4 Å². The van der Waals surface area contributed by atoms with Gasteiger partial charge in [0.1, 0.15) is 5.75 Å². The van der Waals surface area contributed by atoms with Crippen molar-refractivity contribution in [3.63, 3.8) is 0 Å². The van der Waals surface area contributed by atoms with Crippen LogP contribution in [0.15, 0.2) is 36.4 Å². The van der Waals surface area contributed by atoms with Gasteiger partial charge in [0.25, 0.3) is 0 Å². The number of hydrogen-bond donors (Lipinski definition) is 2. The van der Waals surface area contributed by atoms with E-state index in [2.05, 4.69) is 12.2 Å². The molecule has 0 aliphatic heterocycles. The molecule has 0 fully saturated rings. The van der Waals surface area contributed by atoms with Crippen LogP contribution in [-0.2, 0) is 4.79 Å². The normalized spacial score (nSPS) is 11.1. The molecule has 0 atom stereocenters. The smallest absolute Gasteiger partial charge is 0.224 e. The lowest BCUT2D eigenvalue weighted by Crippen LogP contribution is -2.11. The minimum absolute atomic E-state index is 0.0143. The molecular formula is C27H41NO2. The fraction of sp³-hybridized carbons (Fsp3) is 0.593. The SMILES string of the molecule is CCCCCCCCCCCCCCCCC(=O)Nc1ccc2ccccc2c1O. The van der Waals surface area contributed by atoms with Gasteiger partial charge < -0.3 is 10.4 Å². The third-order valence-corrected chi connectivity index (χ3v) is 5.93. The summed E-state index contributed by atoms with van der Waals surface area (Å²) in [6, 6.07) is 11.4. The quantitative estimate of drug-likeness (QED) is 0.215. The van der Waals surface area contributed by atoms with Crippen LogP contribution in [0.1, 0.15) is 103 Å². The summed E-state index contributed by atoms with van der Waals surface area (Å²) in [6.45, 7) is 2.27. The van der Waals surface area contributed by atoms with Crippen molar-refractivity contribution in [2.45, 2.75) is 103 Å². The Morgan fingerprint density at radius 2 is 1.27 bits per heavy atom. The highest BCUT2D eigenvalue weighted by atomic mass is 16.3. The molecule has 0 saturated heterocycles. The number of carbonyl (C=O) groups excluding carboxylic acids is 1. The molecule has 3 nitrogen and oxygen atoms in total. The number of unbranched alkanes of at least 4 members (excludes halogenated alkanes) is 13. The van der Waals surface area contributed by atoms with Crippen molar-refractivity contribution in [1.29, 1.82) is 0 Å². The van der Waals surface area contributed by atoms with Gasteiger partial charge in [-0.2, -0.15) is 0 Å². The summed E-state index contributed by atoms with van der Waals surface area (Å²) >= 11 is 0. The molecule has 0 unspecified atom stereocenters. The van der Waals surface area contributed by atoms with E-state index in [-0.39, 0.29) is 11.7 Å². The molecule has 0 aliphatic rings. The molecule has 0 radical (unpaired) electrons. The highest BCUT2D eigenvalue weighted by Crippen LogP contribution is 2.32. The number of amides is 1. The fourth-order valence-electron chi connectivity index (χ4n) is 4.05. The van der Waals surface area contributed by atoms with Gasteiger partial charge in [-0.15, -0.1) is 0 Å². The van der Waals surface area contributed by atoms with Crippen molar-refractivity contribution >= 4 is 22.4 Å². The highest BCUT2D eigenvalue weighted by molar-refractivity contribution is 5.99. The lowest BCUT2D eigenvalue weighted by Gasteiger charge is -2.10. The van der Waals surface area contributed by atoms with Crippen LogP contribution < -0.4 is 5.32 Å². The van der Waals surface area contributed by atoms with Gasteiger partial charge in [0.05, 0.1) is 5.69 Å². The second-order valence-corrected chi connectivity index (χ2v) is 8.58. The Labute approximate surface area is 183 Å². The van der Waals surface area contributed by atoms with Crippen LogP contribution in [0.2, 0.25) is 0 Å². The number of phenols is 1. The van der Waals surface area contributed by atoms with Crippen LogP contribution in [0.4, 0.5) is 5.69 Å². The predicted octanol–water partition coefficient (Wildman–Crippen LogP) is 8.36. The number of anilines is 1. The molecule has 2 rings (SSSR count). The van der Waals surface area contributed by atoms with Gasteiger partial charge >= 0.3 is 0 Å². The zero-order chi connectivity index (χ0) is 21.4. The van der Waals surface area contributed by atoms with Crippen LogP contribution >= 0.6 is 0 Å². The molecule has 30 heavy (non-hydrogen) atoms. The molecule has 0 spiro atoms. The predicted molar refractivity (Wildman–Crippen MR) is 129 cm³/mol. The maximum absolute atomic E-state index is 12.2. The number of fused-ring (bicyclic) bond motifs is 1. The lowest BCUT2D eigenvalue weighted by molar-refractivity contribution is -0.116. The molecule has 0 aliphatic carbocycles. The molecule has 2 aromatic rings. The molecule has 0 bridgehead atoms. The number of hydrogen-bond acceptors (Lipinski definition) is 2. The maximum atomic E-state index is 12.2. The average molecular weight is 412 g/mol. The Kier molecular flexibility index (Phi) is 12.0. The average Bonchev–Trinajstić information content (AvgIpc) is 2.76. The third-order valence-electron chi connectivity index (χ3n) is 5.93. The molecule has 0 saturated carbocycles. The van der Waals surface area contributed by atoms with Gasteiger partial charge in [-0.25, -0.2) is 0 Å². The number of carbonyl (C=O) groups is 1. The Balaban J connectivity index is 1.47. The zero-order valence-corrected chi connectivity index (χ0v) is 18.9. The summed E-state index contributed by atoms with van der Waals surface area (Å²) in [5.41, 5.74) is 0.504. The largest absolute Gasteiger partial charge is 0.505 e. The topological polar surface area (TPSA) is 49.3 Å². The number of benzene rings is 2. The van der Waals surface area contributed by atoms with Crippen molar-refractivity contribution in [2.75, 3.05) is 5.32 Å². The Morgan fingerprint density at radius 3 is 1.87 bits per heavy atom. The third kappa shape index (κ3) is 9.19. The first-order chi connectivity index (χ1) is 14.7. The molecular weight excluding hydrogens is 370 g/mol. The molecule has 3 heteroatoms. The van der Waals surface area contributed by atoms with E-state index >= 15 is 0 Å². The van der Waals surface area contributed by atoms with Gasteiger partial charge in [0.2, 0.25) is 5.91 Å². The summed E-state index contributed by atoms with van der Waals surface area (Å²) in [6.07, 6.45) is 18.9. The first-order valence-electron chi connectivity index (χ1n) is 12.2. The number of rotatable bonds is 16. The first kappa shape index (κ1) is 24.2. The zero-order valence-electron chi connectivity index (χ0n) is 18.9. The van der Waals surface area contributed by atoms with Crippen LogP contribution in [0.25, 0.3) is 10.8 Å². The van der Waals surface area contributed by atoms with Gasteiger partial charge in [-0.05, 0) is 17.9 Å². The first-order valence-corrected chi connectivity index (χ1v) is 12.2. The minimum atomic E-state index is -0.0143. The number of aromatic hydroxyl groups is 1. The van der Waals surface area contributed by atoms with Crippen LogP contribution in [0.3, 0.4) is 0 Å². The second kappa shape index (κ2) is 14.9. The van der Waals surface area contributed by atoms with Crippen molar-refractivity contribution in [3.8, 4) is 5.75 Å². The van der Waals surface area contributed by atoms with E-state index < -0.39 is 0 Å². The summed E-state index contributed by atoms with van der Waals surface area (Å²) in [5, 5.41) is 15.0. The Bertz CT molecular complexity index is 741. The minimum Gasteiger partial charge on any atom is -0.505 e. The number of phenolic OH excluding ortho intramolecular Hbond substituents is 1. The summed E-state index contributed by atoms with van der Waals surface area (Å²) in [7, 11) is 0. The molecule has 0 aromatic heterocycles. The molecule has 166 valence electrons. The Morgan fingerprint density at radius 1 is 0.733 bits per heavy atom. The van der Waals surface area contributed by atoms with Crippen LogP contribution in [0.5, 0.6) is 5.75 Å². The van der Waals surface area contributed by atoms with Crippen molar-refractivity contribution in [1.82, 2.24) is 0 Å². The molecule has 2 N–H and O–H groups in total. The van der Waals surface area contributed by atoms with E-state index in [9.17, 15) is 9.90 Å². The summed E-state index contributed by atoms with van der Waals surface area (Å²) in [5.74, 6) is 0.141. The number of nitrogens with one attached hydrogen (secondary N) is 1. The van der Waals surface area contributed by atoms with Crippen LogP contribution in [0, 0.1) is 0 Å². The molecule has 0 heterocycles. The van der Waals surface area contributed by atoms with E-state index in [1.54, 1.807) is 6.07 Å². The highest BCUT2D eigenvalue weighted by Gasteiger charge is 2.09. The van der Waals surface area contributed by atoms with Gasteiger partial charge in [-0.3, -0.25) is 4.79 Å². The van der Waals surface area contributed by atoms with Gasteiger partial charge in [-0.1, -0.05) is 121 Å². The maximum Gasteiger partial charge on any atom is 0.224 e. The lowest BCUT2D eigenvalue weighted by atomic mass is 10.0. The van der Waals surface area contributed by atoms with Gasteiger partial charge in [0, 0.05) is 11.8 Å². The van der Waals surface area contributed by atoms with E-state index in [1.165, 1.54) is 77.0 Å². The summed E-state index contributed by atoms with van der Waals surface area (Å²) < 4.78 is 0. The van der Waals surface area contributed by atoms with Crippen LogP contribution in [-0.4, -0.2) is 11.0 Å². The van der Waals surface area contributed by atoms with Crippen molar-refractivity contribution in [2.24, 2.45) is 0 Å². The standard InChI is InChI=1S/C27H41NO2/c1-2-3-4-5-6-7-8-9-10-11-12-13-14-15-20-26(29)28-25-22-21-23-18-16-17-19-24(23)27(25)30/h16-19,21-22,30H,2-15,20H2,1H3,(H,28,29).